The first-order chi connectivity index (χ1) is 25.0. The summed E-state index contributed by atoms with van der Waals surface area (Å²) in [6.45, 7) is 20.9. The van der Waals surface area contributed by atoms with Crippen molar-refractivity contribution in [2.24, 2.45) is 0 Å². The molecule has 0 fully saturated rings. The van der Waals surface area contributed by atoms with E-state index in [9.17, 15) is 0 Å². The van der Waals surface area contributed by atoms with E-state index < -0.39 is 8.07 Å². The van der Waals surface area contributed by atoms with Gasteiger partial charge in [-0.25, -0.2) is 0 Å². The normalized spacial score (nSPS) is 12.8. The molecular weight excluding hydrogens is 649 g/mol. The van der Waals surface area contributed by atoms with Gasteiger partial charge in [0.25, 0.3) is 0 Å². The predicted octanol–water partition coefficient (Wildman–Crippen LogP) is 12.8. The highest BCUT2D eigenvalue weighted by molar-refractivity contribution is 6.92. The van der Waals surface area contributed by atoms with Crippen molar-refractivity contribution in [3.8, 4) is 44.9 Å². The lowest BCUT2D eigenvalue weighted by Crippen LogP contribution is -2.49. The Kier molecular flexibility index (Phi) is 11.3. The van der Waals surface area contributed by atoms with Gasteiger partial charge >= 0.3 is 0 Å². The summed E-state index contributed by atoms with van der Waals surface area (Å²) in [6, 6.07) is 37.1. The Morgan fingerprint density at radius 2 is 1.21 bits per heavy atom. The Hall–Kier alpha value is -4.34. The number of hydrogen-bond donors (Lipinski definition) is 0. The molecule has 0 N–H and O–H groups in total. The molecule has 5 aromatic carbocycles. The molecule has 0 aliphatic heterocycles. The summed E-state index contributed by atoms with van der Waals surface area (Å²) in [7, 11) is -0.671. The molecule has 0 saturated heterocycles. The summed E-state index contributed by atoms with van der Waals surface area (Å²) in [5, 5.41) is 1.30. The number of benzene rings is 5. The second-order valence-corrected chi connectivity index (χ2v) is 20.7. The maximum absolute atomic E-state index is 6.72. The van der Waals surface area contributed by atoms with Crippen LogP contribution in [0.3, 0.4) is 0 Å². The zero-order chi connectivity index (χ0) is 37.0. The van der Waals surface area contributed by atoms with Crippen LogP contribution in [0.1, 0.15) is 93.7 Å². The zero-order valence-electron chi connectivity index (χ0n) is 32.9. The van der Waals surface area contributed by atoms with Crippen LogP contribution in [-0.4, -0.2) is 21.8 Å². The van der Waals surface area contributed by atoms with Gasteiger partial charge in [0.15, 0.2) is 0 Å². The van der Waals surface area contributed by atoms with E-state index >= 15 is 0 Å². The monoisotopic (exact) mass is 706 g/mol. The fourth-order valence-corrected chi connectivity index (χ4v) is 12.0. The van der Waals surface area contributed by atoms with E-state index in [1.54, 1.807) is 7.11 Å². The Bertz CT molecular complexity index is 1940. The number of fused-ring (bicyclic) bond motifs is 3. The first kappa shape index (κ1) is 37.4. The molecule has 1 aliphatic rings. The van der Waals surface area contributed by atoms with Crippen LogP contribution in [0.5, 0.6) is 11.5 Å². The van der Waals surface area contributed by atoms with Crippen LogP contribution < -0.4 is 14.7 Å². The average Bonchev–Trinajstić information content (AvgIpc) is 3.48. The van der Waals surface area contributed by atoms with Crippen molar-refractivity contribution in [3.63, 3.8) is 0 Å². The largest absolute Gasteiger partial charge is 0.497 e. The van der Waals surface area contributed by atoms with Crippen LogP contribution in [-0.2, 0) is 18.3 Å². The van der Waals surface area contributed by atoms with Gasteiger partial charge < -0.3 is 9.47 Å². The Balaban J connectivity index is 1.61. The highest BCUT2D eigenvalue weighted by Crippen LogP contribution is 2.52. The van der Waals surface area contributed by atoms with Crippen LogP contribution in [0, 0.1) is 0 Å². The number of aryl methyl sites for hydroxylation is 2. The molecule has 0 unspecified atom stereocenters. The molecule has 270 valence electrons. The van der Waals surface area contributed by atoms with Crippen molar-refractivity contribution in [2.75, 3.05) is 13.7 Å². The van der Waals surface area contributed by atoms with E-state index in [-0.39, 0.29) is 11.0 Å². The minimum Gasteiger partial charge on any atom is -0.497 e. The molecular formula is C49H58O2Si. The highest BCUT2D eigenvalue weighted by atomic mass is 28.3. The van der Waals surface area contributed by atoms with E-state index in [0.717, 1.165) is 24.3 Å². The molecule has 0 spiro atoms. The number of methoxy groups -OCH3 is 1. The third-order valence-electron chi connectivity index (χ3n) is 11.1. The van der Waals surface area contributed by atoms with Gasteiger partial charge in [-0.1, -0.05) is 158 Å². The standard InChI is InChI=1S/C49H58O2Si/c1-10-13-19-34-21-15-17-23-39(34)36-25-27-41-42-28-26-37(40-24-18-16-22-35(40)20-14-11-2)31-44(42)48(43(41)30-36)52(8,9)46-33-38(50-7)32-45(49(4,5)6)47(46)51-29-12-3/h12,15-18,21-28,30-33,48H,3,10-11,13-14,19-20,29H2,1-2,4-9H3. The Morgan fingerprint density at radius 1 is 0.692 bits per heavy atom. The van der Waals surface area contributed by atoms with Crippen molar-refractivity contribution in [1.82, 2.24) is 0 Å². The van der Waals surface area contributed by atoms with Gasteiger partial charge in [-0.3, -0.25) is 0 Å². The lowest BCUT2D eigenvalue weighted by Gasteiger charge is -2.36. The van der Waals surface area contributed by atoms with Crippen molar-refractivity contribution in [3.05, 3.63) is 138 Å². The van der Waals surface area contributed by atoms with Gasteiger partial charge in [0.2, 0.25) is 0 Å². The molecule has 0 bridgehead atoms. The number of rotatable bonds is 14. The SMILES string of the molecule is C=CCOc1c(C(C)(C)C)cc(OC)cc1[Si](C)(C)C1c2cc(-c3ccccc3CCCC)ccc2-c2ccc(-c3ccccc3CCCC)cc21. The van der Waals surface area contributed by atoms with Crippen molar-refractivity contribution in [2.45, 2.75) is 97.2 Å². The van der Waals surface area contributed by atoms with E-state index in [4.69, 9.17) is 9.47 Å². The maximum atomic E-state index is 6.72. The molecule has 0 aromatic heterocycles. The lowest BCUT2D eigenvalue weighted by molar-refractivity contribution is 0.351. The smallest absolute Gasteiger partial charge is 0.123 e. The first-order valence-electron chi connectivity index (χ1n) is 19.4. The first-order valence-corrected chi connectivity index (χ1v) is 22.5. The topological polar surface area (TPSA) is 18.5 Å². The predicted molar refractivity (Wildman–Crippen MR) is 226 cm³/mol. The summed E-state index contributed by atoms with van der Waals surface area (Å²) in [5.41, 5.74) is 15.0. The van der Waals surface area contributed by atoms with E-state index in [2.05, 4.69) is 151 Å². The van der Waals surface area contributed by atoms with Crippen molar-refractivity contribution >= 4 is 13.3 Å². The molecule has 3 heteroatoms. The fraction of sp³-hybridized carbons (Fsp3) is 0.347. The van der Waals surface area contributed by atoms with Gasteiger partial charge in [0.05, 0.1) is 15.2 Å². The molecule has 0 amide bonds. The molecule has 0 saturated carbocycles. The van der Waals surface area contributed by atoms with Crippen LogP contribution in [0.25, 0.3) is 33.4 Å². The Labute approximate surface area is 315 Å². The minimum absolute atomic E-state index is 0.138. The van der Waals surface area contributed by atoms with Crippen molar-refractivity contribution in [1.29, 1.82) is 0 Å². The second kappa shape index (κ2) is 15.7. The number of unbranched alkanes of at least 4 members (excludes halogenated alkanes) is 2. The lowest BCUT2D eigenvalue weighted by atomic mass is 9.86. The van der Waals surface area contributed by atoms with Crippen LogP contribution in [0.4, 0.5) is 0 Å². The fourth-order valence-electron chi connectivity index (χ4n) is 8.36. The number of ether oxygens (including phenoxy) is 2. The zero-order valence-corrected chi connectivity index (χ0v) is 33.9. The molecule has 1 aliphatic carbocycles. The van der Waals surface area contributed by atoms with Crippen LogP contribution in [0.2, 0.25) is 13.1 Å². The quantitative estimate of drug-likeness (QED) is 0.0845. The Morgan fingerprint density at radius 3 is 1.67 bits per heavy atom. The summed E-state index contributed by atoms with van der Waals surface area (Å²) >= 11 is 0. The van der Waals surface area contributed by atoms with Gasteiger partial charge in [0, 0.05) is 11.1 Å². The third kappa shape index (κ3) is 7.30. The van der Waals surface area contributed by atoms with E-state index in [1.165, 1.54) is 92.1 Å². The van der Waals surface area contributed by atoms with Gasteiger partial charge in [0.1, 0.15) is 18.1 Å². The summed E-state index contributed by atoms with van der Waals surface area (Å²) in [5.74, 6) is 1.89. The van der Waals surface area contributed by atoms with Gasteiger partial charge in [-0.05, 0) is 104 Å². The second-order valence-electron chi connectivity index (χ2n) is 16.2. The molecule has 0 atom stereocenters. The molecule has 6 rings (SSSR count). The molecule has 52 heavy (non-hydrogen) atoms. The summed E-state index contributed by atoms with van der Waals surface area (Å²) in [4.78, 5) is 0. The average molecular weight is 707 g/mol. The molecule has 0 heterocycles. The van der Waals surface area contributed by atoms with Crippen LogP contribution in [0.15, 0.2) is 110 Å². The van der Waals surface area contributed by atoms with Gasteiger partial charge in [-0.2, -0.15) is 0 Å². The summed E-state index contributed by atoms with van der Waals surface area (Å²) in [6.07, 6.45) is 8.81. The third-order valence-corrected chi connectivity index (χ3v) is 15.0. The van der Waals surface area contributed by atoms with Gasteiger partial charge in [-0.15, -0.1) is 0 Å². The van der Waals surface area contributed by atoms with E-state index in [0.29, 0.717) is 6.61 Å². The molecule has 5 aromatic rings. The van der Waals surface area contributed by atoms with Crippen molar-refractivity contribution < 1.29 is 9.47 Å². The highest BCUT2D eigenvalue weighted by Gasteiger charge is 2.45. The summed E-state index contributed by atoms with van der Waals surface area (Å²) < 4.78 is 12.8. The number of hydrogen-bond acceptors (Lipinski definition) is 2. The van der Waals surface area contributed by atoms with Crippen LogP contribution >= 0.6 is 0 Å². The maximum Gasteiger partial charge on any atom is 0.123 e. The minimum atomic E-state index is -2.46. The molecule has 0 radical (unpaired) electrons. The molecule has 2 nitrogen and oxygen atoms in total. The van der Waals surface area contributed by atoms with E-state index in [1.807, 2.05) is 6.08 Å².